The van der Waals surface area contributed by atoms with E-state index in [0.29, 0.717) is 25.2 Å². The third kappa shape index (κ3) is 3.86. The predicted molar refractivity (Wildman–Crippen MR) is 89.9 cm³/mol. The Kier molecular flexibility index (Phi) is 4.97. The summed E-state index contributed by atoms with van der Waals surface area (Å²) in [5.41, 5.74) is 0.402. The molecule has 0 radical (unpaired) electrons. The smallest absolute Gasteiger partial charge is 0.356 e. The summed E-state index contributed by atoms with van der Waals surface area (Å²) in [6.45, 7) is 5.31. The number of piperidine rings is 1. The Morgan fingerprint density at radius 3 is 2.50 bits per heavy atom. The molecule has 3 rings (SSSR count). The molecule has 0 spiro atoms. The van der Waals surface area contributed by atoms with Crippen LogP contribution in [0.3, 0.4) is 0 Å². The Balaban J connectivity index is 1.65. The van der Waals surface area contributed by atoms with Crippen LogP contribution in [-0.2, 0) is 12.7 Å². The maximum atomic E-state index is 12.8. The standard InChI is InChI=1S/C17H20F3N5O/c1-11-12(2)23-10-25(16(11)26)8-13-3-5-24(6-4-13)15-7-14(17(18,19)20)21-9-22-15/h7,9-10,13H,3-6,8H2,1-2H3. The average molecular weight is 367 g/mol. The van der Waals surface area contributed by atoms with E-state index in [1.54, 1.807) is 24.7 Å². The number of nitrogens with zero attached hydrogens (tertiary/aromatic N) is 5. The summed E-state index contributed by atoms with van der Waals surface area (Å²) in [5, 5.41) is 0. The second kappa shape index (κ2) is 7.05. The van der Waals surface area contributed by atoms with E-state index in [1.165, 1.54) is 0 Å². The van der Waals surface area contributed by atoms with E-state index in [2.05, 4.69) is 15.0 Å². The van der Waals surface area contributed by atoms with Crippen LogP contribution in [0.4, 0.5) is 19.0 Å². The van der Waals surface area contributed by atoms with Crippen molar-refractivity contribution in [3.63, 3.8) is 0 Å². The molecule has 0 amide bonds. The van der Waals surface area contributed by atoms with Crippen molar-refractivity contribution in [2.24, 2.45) is 5.92 Å². The van der Waals surface area contributed by atoms with Gasteiger partial charge in [-0.3, -0.25) is 9.36 Å². The average Bonchev–Trinajstić information content (AvgIpc) is 2.62. The van der Waals surface area contributed by atoms with Gasteiger partial charge in [0.25, 0.3) is 5.56 Å². The maximum Gasteiger partial charge on any atom is 0.433 e. The molecule has 0 atom stereocenters. The van der Waals surface area contributed by atoms with Crippen LogP contribution in [-0.4, -0.2) is 32.6 Å². The van der Waals surface area contributed by atoms with Gasteiger partial charge in [0.05, 0.1) is 6.33 Å². The van der Waals surface area contributed by atoms with Crippen LogP contribution in [0.5, 0.6) is 0 Å². The van der Waals surface area contributed by atoms with Gasteiger partial charge in [-0.25, -0.2) is 15.0 Å². The Morgan fingerprint density at radius 2 is 1.85 bits per heavy atom. The summed E-state index contributed by atoms with van der Waals surface area (Å²) >= 11 is 0. The summed E-state index contributed by atoms with van der Waals surface area (Å²) in [6.07, 6.45) is -0.426. The predicted octanol–water partition coefficient (Wildman–Crippen LogP) is 2.59. The Labute approximate surface area is 148 Å². The highest BCUT2D eigenvalue weighted by Crippen LogP contribution is 2.30. The molecule has 0 N–H and O–H groups in total. The molecule has 0 aromatic carbocycles. The van der Waals surface area contributed by atoms with Crippen molar-refractivity contribution >= 4 is 5.82 Å². The molecule has 0 bridgehead atoms. The molecule has 2 aromatic heterocycles. The summed E-state index contributed by atoms with van der Waals surface area (Å²) in [6, 6.07) is 0.984. The van der Waals surface area contributed by atoms with Gasteiger partial charge in [0, 0.05) is 37.0 Å². The third-order valence-corrected chi connectivity index (χ3v) is 4.85. The SMILES string of the molecule is Cc1ncn(CC2CCN(c3cc(C(F)(F)F)ncn3)CC2)c(=O)c1C. The zero-order chi connectivity index (χ0) is 18.9. The Hall–Kier alpha value is -2.45. The van der Waals surface area contributed by atoms with E-state index in [4.69, 9.17) is 0 Å². The van der Waals surface area contributed by atoms with Gasteiger partial charge < -0.3 is 4.90 Å². The fourth-order valence-electron chi connectivity index (χ4n) is 3.10. The van der Waals surface area contributed by atoms with E-state index in [9.17, 15) is 18.0 Å². The minimum atomic E-state index is -4.48. The van der Waals surface area contributed by atoms with Gasteiger partial charge >= 0.3 is 6.18 Å². The topological polar surface area (TPSA) is 63.9 Å². The normalized spacial score (nSPS) is 16.1. The lowest BCUT2D eigenvalue weighted by Crippen LogP contribution is -2.37. The molecule has 9 heteroatoms. The molecule has 1 fully saturated rings. The highest BCUT2D eigenvalue weighted by molar-refractivity contribution is 5.39. The largest absolute Gasteiger partial charge is 0.433 e. The zero-order valence-corrected chi connectivity index (χ0v) is 14.6. The van der Waals surface area contributed by atoms with Crippen molar-refractivity contribution in [3.8, 4) is 0 Å². The summed E-state index contributed by atoms with van der Waals surface area (Å²) in [4.78, 5) is 25.6. The number of anilines is 1. The number of halogens is 3. The number of hydrogen-bond acceptors (Lipinski definition) is 5. The fourth-order valence-corrected chi connectivity index (χ4v) is 3.10. The first kappa shape index (κ1) is 18.3. The zero-order valence-electron chi connectivity index (χ0n) is 14.6. The molecular formula is C17H20F3N5O. The van der Waals surface area contributed by atoms with Gasteiger partial charge in [0.1, 0.15) is 17.8 Å². The van der Waals surface area contributed by atoms with E-state index in [1.807, 2.05) is 4.90 Å². The first-order valence-electron chi connectivity index (χ1n) is 8.42. The van der Waals surface area contributed by atoms with Crippen molar-refractivity contribution in [1.82, 2.24) is 19.5 Å². The lowest BCUT2D eigenvalue weighted by Gasteiger charge is -2.33. The van der Waals surface area contributed by atoms with Gasteiger partial charge in [0.15, 0.2) is 0 Å². The quantitative estimate of drug-likeness (QED) is 0.834. The molecule has 6 nitrogen and oxygen atoms in total. The molecule has 1 aliphatic rings. The van der Waals surface area contributed by atoms with Gasteiger partial charge in [-0.2, -0.15) is 13.2 Å². The van der Waals surface area contributed by atoms with Crippen molar-refractivity contribution in [1.29, 1.82) is 0 Å². The van der Waals surface area contributed by atoms with Crippen LogP contribution in [0.1, 0.15) is 29.8 Å². The van der Waals surface area contributed by atoms with E-state index in [0.717, 1.165) is 30.9 Å². The van der Waals surface area contributed by atoms with Crippen molar-refractivity contribution in [3.05, 3.63) is 46.0 Å². The van der Waals surface area contributed by atoms with Crippen LogP contribution >= 0.6 is 0 Å². The van der Waals surface area contributed by atoms with E-state index >= 15 is 0 Å². The van der Waals surface area contributed by atoms with Crippen LogP contribution in [0.2, 0.25) is 0 Å². The van der Waals surface area contributed by atoms with Gasteiger partial charge in [-0.1, -0.05) is 0 Å². The van der Waals surface area contributed by atoms with Crippen molar-refractivity contribution in [2.45, 2.75) is 39.4 Å². The highest BCUT2D eigenvalue weighted by atomic mass is 19.4. The first-order chi connectivity index (χ1) is 12.3. The molecule has 0 aliphatic carbocycles. The van der Waals surface area contributed by atoms with Gasteiger partial charge in [0.2, 0.25) is 0 Å². The Morgan fingerprint density at radius 1 is 1.15 bits per heavy atom. The lowest BCUT2D eigenvalue weighted by atomic mass is 9.96. The minimum absolute atomic E-state index is 0.0365. The number of rotatable bonds is 3. The lowest BCUT2D eigenvalue weighted by molar-refractivity contribution is -0.141. The number of aromatic nitrogens is 4. The second-order valence-electron chi connectivity index (χ2n) is 6.60. The van der Waals surface area contributed by atoms with Gasteiger partial charge in [-0.05, 0) is 32.6 Å². The summed E-state index contributed by atoms with van der Waals surface area (Å²) < 4.78 is 40.0. The summed E-state index contributed by atoms with van der Waals surface area (Å²) in [7, 11) is 0. The van der Waals surface area contributed by atoms with Crippen molar-refractivity contribution < 1.29 is 13.2 Å². The van der Waals surface area contributed by atoms with Crippen LogP contribution in [0, 0.1) is 19.8 Å². The van der Waals surface area contributed by atoms with Crippen LogP contribution < -0.4 is 10.5 Å². The molecular weight excluding hydrogens is 347 g/mol. The maximum absolute atomic E-state index is 12.8. The molecule has 26 heavy (non-hydrogen) atoms. The first-order valence-corrected chi connectivity index (χ1v) is 8.42. The fraction of sp³-hybridized carbons (Fsp3) is 0.529. The number of hydrogen-bond donors (Lipinski definition) is 0. The number of alkyl halides is 3. The molecule has 3 heterocycles. The van der Waals surface area contributed by atoms with Crippen molar-refractivity contribution in [2.75, 3.05) is 18.0 Å². The highest BCUT2D eigenvalue weighted by Gasteiger charge is 2.33. The van der Waals surface area contributed by atoms with Crippen LogP contribution in [0.25, 0.3) is 0 Å². The Bertz CT molecular complexity index is 841. The molecule has 0 unspecified atom stereocenters. The molecule has 1 saturated heterocycles. The summed E-state index contributed by atoms with van der Waals surface area (Å²) in [5.74, 6) is 0.563. The monoisotopic (exact) mass is 367 g/mol. The third-order valence-electron chi connectivity index (χ3n) is 4.85. The molecule has 1 aliphatic heterocycles. The minimum Gasteiger partial charge on any atom is -0.356 e. The molecule has 140 valence electrons. The van der Waals surface area contributed by atoms with E-state index < -0.39 is 11.9 Å². The van der Waals surface area contributed by atoms with Crippen LogP contribution in [0.15, 0.2) is 23.5 Å². The molecule has 2 aromatic rings. The second-order valence-corrected chi connectivity index (χ2v) is 6.60. The van der Waals surface area contributed by atoms with E-state index in [-0.39, 0.29) is 17.3 Å². The number of aryl methyl sites for hydroxylation is 1. The molecule has 0 saturated carbocycles. The van der Waals surface area contributed by atoms with Gasteiger partial charge in [-0.15, -0.1) is 0 Å².